The third-order valence-electron chi connectivity index (χ3n) is 8.87. The zero-order chi connectivity index (χ0) is 25.7. The molecule has 0 unspecified atom stereocenters. The molecule has 0 bridgehead atoms. The summed E-state index contributed by atoms with van der Waals surface area (Å²) < 4.78 is 15.6. The molecule has 0 atom stereocenters. The molecule has 0 radical (unpaired) electrons. The van der Waals surface area contributed by atoms with Gasteiger partial charge in [-0.2, -0.15) is 5.10 Å². The van der Waals surface area contributed by atoms with Gasteiger partial charge < -0.3 is 14.8 Å². The van der Waals surface area contributed by atoms with E-state index in [9.17, 15) is 0 Å². The molecular weight excluding hydrogens is 463 g/mol. The molecule has 2 aliphatic heterocycles. The second kappa shape index (κ2) is 9.84. The van der Waals surface area contributed by atoms with Crippen LogP contribution in [0.5, 0.6) is 0 Å². The van der Waals surface area contributed by atoms with Crippen LogP contribution in [0.1, 0.15) is 76.3 Å². The van der Waals surface area contributed by atoms with E-state index >= 15 is 4.39 Å². The summed E-state index contributed by atoms with van der Waals surface area (Å²) in [7, 11) is 0. The molecule has 2 fully saturated rings. The van der Waals surface area contributed by atoms with Gasteiger partial charge in [0, 0.05) is 40.1 Å². The van der Waals surface area contributed by atoms with E-state index in [1.165, 1.54) is 31.5 Å². The first kappa shape index (κ1) is 24.6. The molecule has 6 nitrogen and oxygen atoms in total. The molecule has 2 saturated heterocycles. The van der Waals surface area contributed by atoms with Crippen molar-refractivity contribution in [2.45, 2.75) is 77.3 Å². The number of piperidine rings is 2. The molecule has 2 aliphatic rings. The highest BCUT2D eigenvalue weighted by Crippen LogP contribution is 2.41. The van der Waals surface area contributed by atoms with E-state index in [0.717, 1.165) is 64.7 Å². The highest BCUT2D eigenvalue weighted by Gasteiger charge is 2.31. The minimum atomic E-state index is -0.0810. The lowest BCUT2D eigenvalue weighted by molar-refractivity contribution is 0.0751. The Morgan fingerprint density at radius 1 is 0.973 bits per heavy atom. The van der Waals surface area contributed by atoms with Gasteiger partial charge >= 0.3 is 0 Å². The number of pyridine rings is 1. The van der Waals surface area contributed by atoms with E-state index in [1.807, 2.05) is 12.3 Å². The number of rotatable bonds is 5. The molecular formula is C30H39FN6. The van der Waals surface area contributed by atoms with E-state index < -0.39 is 0 Å². The fourth-order valence-electron chi connectivity index (χ4n) is 6.79. The summed E-state index contributed by atoms with van der Waals surface area (Å²) in [6, 6.07) is 7.21. The van der Waals surface area contributed by atoms with Gasteiger partial charge in [-0.15, -0.1) is 0 Å². The molecule has 6 rings (SSSR count). The number of halogens is 1. The SMILES string of the molecule is CC(C)c1c(-c2ccnc3[nH]ncc23)[nH]c2cc(F)c(C3CCN(C4CCN(C(C)C)CC4)CC3)cc12. The Kier molecular flexibility index (Phi) is 6.53. The van der Waals surface area contributed by atoms with Crippen LogP contribution in [0.2, 0.25) is 0 Å². The lowest BCUT2D eigenvalue weighted by atomic mass is 9.86. The molecule has 4 aromatic rings. The molecule has 2 N–H and O–H groups in total. The summed E-state index contributed by atoms with van der Waals surface area (Å²) >= 11 is 0. The van der Waals surface area contributed by atoms with Crippen LogP contribution < -0.4 is 0 Å². The molecule has 37 heavy (non-hydrogen) atoms. The molecule has 5 heterocycles. The van der Waals surface area contributed by atoms with Crippen molar-refractivity contribution in [3.8, 4) is 11.3 Å². The molecule has 196 valence electrons. The van der Waals surface area contributed by atoms with E-state index in [0.29, 0.717) is 12.1 Å². The Balaban J connectivity index is 1.27. The maximum atomic E-state index is 15.6. The number of aromatic amines is 2. The molecule has 7 heteroatoms. The van der Waals surface area contributed by atoms with Gasteiger partial charge in [0.1, 0.15) is 5.82 Å². The maximum Gasteiger partial charge on any atom is 0.155 e. The monoisotopic (exact) mass is 502 g/mol. The second-order valence-corrected chi connectivity index (χ2v) is 11.6. The van der Waals surface area contributed by atoms with Gasteiger partial charge in [0.25, 0.3) is 0 Å². The number of nitrogens with zero attached hydrogens (tertiary/aromatic N) is 4. The van der Waals surface area contributed by atoms with Crippen molar-refractivity contribution in [3.63, 3.8) is 0 Å². The van der Waals surface area contributed by atoms with Crippen LogP contribution in [-0.4, -0.2) is 68.2 Å². The van der Waals surface area contributed by atoms with Crippen LogP contribution in [-0.2, 0) is 0 Å². The molecule has 0 aliphatic carbocycles. The zero-order valence-corrected chi connectivity index (χ0v) is 22.5. The molecule has 0 amide bonds. The fraction of sp³-hybridized carbons (Fsp3) is 0.533. The van der Waals surface area contributed by atoms with Crippen LogP contribution in [0, 0.1) is 5.82 Å². The predicted molar refractivity (Wildman–Crippen MR) is 149 cm³/mol. The normalized spacial score (nSPS) is 19.2. The van der Waals surface area contributed by atoms with E-state index in [2.05, 4.69) is 63.7 Å². The number of benzene rings is 1. The first-order valence-corrected chi connectivity index (χ1v) is 14.0. The highest BCUT2D eigenvalue weighted by atomic mass is 19.1. The van der Waals surface area contributed by atoms with Gasteiger partial charge in [-0.05, 0) is 107 Å². The lowest BCUT2D eigenvalue weighted by Crippen LogP contribution is -2.48. The van der Waals surface area contributed by atoms with Crippen molar-refractivity contribution in [1.82, 2.24) is 30.0 Å². The third kappa shape index (κ3) is 4.46. The number of fused-ring (bicyclic) bond motifs is 2. The maximum absolute atomic E-state index is 15.6. The Labute approximate surface area is 218 Å². The van der Waals surface area contributed by atoms with E-state index in [4.69, 9.17) is 0 Å². The minimum absolute atomic E-state index is 0.0810. The van der Waals surface area contributed by atoms with Crippen molar-refractivity contribution in [1.29, 1.82) is 0 Å². The van der Waals surface area contributed by atoms with Crippen LogP contribution in [0.15, 0.2) is 30.6 Å². The first-order valence-electron chi connectivity index (χ1n) is 14.0. The second-order valence-electron chi connectivity index (χ2n) is 11.6. The Morgan fingerprint density at radius 3 is 2.43 bits per heavy atom. The smallest absolute Gasteiger partial charge is 0.155 e. The summed E-state index contributed by atoms with van der Waals surface area (Å²) in [6.45, 7) is 13.6. The highest BCUT2D eigenvalue weighted by molar-refractivity contribution is 5.98. The summed E-state index contributed by atoms with van der Waals surface area (Å²) in [5.74, 6) is 0.481. The van der Waals surface area contributed by atoms with Crippen LogP contribution in [0.4, 0.5) is 4.39 Å². The molecule has 3 aromatic heterocycles. The molecule has 0 saturated carbocycles. The van der Waals surface area contributed by atoms with Crippen molar-refractivity contribution >= 4 is 21.9 Å². The Hall–Kier alpha value is -2.77. The van der Waals surface area contributed by atoms with Gasteiger partial charge in [0.2, 0.25) is 0 Å². The number of H-pyrrole nitrogens is 2. The van der Waals surface area contributed by atoms with Gasteiger partial charge in [0.05, 0.1) is 11.9 Å². The number of hydrogen-bond donors (Lipinski definition) is 2. The van der Waals surface area contributed by atoms with Gasteiger partial charge in [0.15, 0.2) is 5.65 Å². The largest absolute Gasteiger partial charge is 0.354 e. The summed E-state index contributed by atoms with van der Waals surface area (Å²) in [6.07, 6.45) is 8.19. The predicted octanol–water partition coefficient (Wildman–Crippen LogP) is 6.42. The molecule has 0 spiro atoms. The number of nitrogens with one attached hydrogen (secondary N) is 2. The average molecular weight is 503 g/mol. The fourth-order valence-corrected chi connectivity index (χ4v) is 6.79. The summed E-state index contributed by atoms with van der Waals surface area (Å²) in [5.41, 5.74) is 5.84. The number of likely N-dealkylation sites (tertiary alicyclic amines) is 2. The lowest BCUT2D eigenvalue weighted by Gasteiger charge is -2.43. The van der Waals surface area contributed by atoms with Crippen molar-refractivity contribution in [3.05, 3.63) is 47.5 Å². The zero-order valence-electron chi connectivity index (χ0n) is 22.5. The van der Waals surface area contributed by atoms with Crippen molar-refractivity contribution in [2.24, 2.45) is 0 Å². The Morgan fingerprint density at radius 2 is 1.73 bits per heavy atom. The summed E-state index contributed by atoms with van der Waals surface area (Å²) in [5, 5.41) is 9.27. The van der Waals surface area contributed by atoms with E-state index in [1.54, 1.807) is 12.3 Å². The standard InChI is InChI=1S/C30H39FN6/c1-18(2)28-24-15-23(20-6-11-37(12-7-20)21-8-13-36(14-9-21)19(3)4)26(31)16-27(24)34-29(28)22-5-10-32-30-25(22)17-33-35-30/h5,10,15-21,34H,6-9,11-14H2,1-4H3,(H,32,33,35). The summed E-state index contributed by atoms with van der Waals surface area (Å²) in [4.78, 5) is 13.2. The van der Waals surface area contributed by atoms with Crippen molar-refractivity contribution in [2.75, 3.05) is 26.2 Å². The van der Waals surface area contributed by atoms with Crippen LogP contribution in [0.3, 0.4) is 0 Å². The van der Waals surface area contributed by atoms with Crippen molar-refractivity contribution < 1.29 is 4.39 Å². The third-order valence-corrected chi connectivity index (χ3v) is 8.87. The van der Waals surface area contributed by atoms with E-state index in [-0.39, 0.29) is 17.7 Å². The van der Waals surface area contributed by atoms with Gasteiger partial charge in [-0.25, -0.2) is 9.37 Å². The Bertz CT molecular complexity index is 1390. The first-order chi connectivity index (χ1) is 17.9. The number of aromatic nitrogens is 4. The number of hydrogen-bond acceptors (Lipinski definition) is 4. The van der Waals surface area contributed by atoms with Crippen LogP contribution in [0.25, 0.3) is 33.2 Å². The van der Waals surface area contributed by atoms with Gasteiger partial charge in [-0.3, -0.25) is 5.10 Å². The molecule has 1 aromatic carbocycles. The van der Waals surface area contributed by atoms with Crippen LogP contribution >= 0.6 is 0 Å². The topological polar surface area (TPSA) is 63.8 Å². The average Bonchev–Trinajstić information content (AvgIpc) is 3.53. The van der Waals surface area contributed by atoms with Gasteiger partial charge in [-0.1, -0.05) is 13.8 Å². The quantitative estimate of drug-likeness (QED) is 0.330. The minimum Gasteiger partial charge on any atom is -0.354 e.